The fourth-order valence-corrected chi connectivity index (χ4v) is 6.39. The van der Waals surface area contributed by atoms with Gasteiger partial charge in [-0.1, -0.05) is 41.9 Å². The molecule has 38 heavy (non-hydrogen) atoms. The van der Waals surface area contributed by atoms with Gasteiger partial charge in [-0.15, -0.1) is 0 Å². The summed E-state index contributed by atoms with van der Waals surface area (Å²) in [5.41, 5.74) is 1.12. The third-order valence-corrected chi connectivity index (χ3v) is 9.21. The molecule has 1 saturated heterocycles. The summed E-state index contributed by atoms with van der Waals surface area (Å²) in [7, 11) is -7.45. The van der Waals surface area contributed by atoms with Crippen molar-refractivity contribution in [3.8, 4) is 5.75 Å². The highest BCUT2D eigenvalue weighted by atomic mass is 35.5. The minimum atomic E-state index is -3.86. The lowest BCUT2D eigenvalue weighted by Gasteiger charge is -2.26. The van der Waals surface area contributed by atoms with E-state index in [0.29, 0.717) is 37.6 Å². The van der Waals surface area contributed by atoms with Gasteiger partial charge in [0.25, 0.3) is 15.9 Å². The van der Waals surface area contributed by atoms with Crippen LogP contribution in [-0.2, 0) is 36.1 Å². The summed E-state index contributed by atoms with van der Waals surface area (Å²) in [4.78, 5) is 12.4. The highest BCUT2D eigenvalue weighted by molar-refractivity contribution is 7.92. The van der Waals surface area contributed by atoms with Crippen LogP contribution < -0.4 is 14.8 Å². The lowest BCUT2D eigenvalue weighted by Crippen LogP contribution is -2.40. The number of carbonyl (C=O) groups excluding carboxylic acids is 1. The minimum absolute atomic E-state index is 0.0332. The monoisotopic (exact) mass is 579 g/mol. The van der Waals surface area contributed by atoms with Gasteiger partial charge in [0.05, 0.1) is 28.0 Å². The second-order valence-electron chi connectivity index (χ2n) is 8.29. The standard InChI is InChI=1S/C25H26ClN3O7S2/c26-23-16-22(37(31,32)28-20-4-2-1-3-5-20)10-11-24(23)36-18-25(30)27-17-19-6-8-21(9-7-19)38(33,34)29-12-14-35-15-13-29/h1-11,16,28H,12-15,17-18H2,(H,27,30). The van der Waals surface area contributed by atoms with Gasteiger partial charge in [-0.3, -0.25) is 9.52 Å². The van der Waals surface area contributed by atoms with Crippen molar-refractivity contribution < 1.29 is 31.1 Å². The van der Waals surface area contributed by atoms with Crippen LogP contribution in [0.5, 0.6) is 5.75 Å². The van der Waals surface area contributed by atoms with Gasteiger partial charge in [-0.2, -0.15) is 4.31 Å². The van der Waals surface area contributed by atoms with Crippen molar-refractivity contribution in [2.75, 3.05) is 37.6 Å². The van der Waals surface area contributed by atoms with Crippen molar-refractivity contribution in [3.63, 3.8) is 0 Å². The first-order valence-electron chi connectivity index (χ1n) is 11.6. The Bertz CT molecular complexity index is 1480. The largest absolute Gasteiger partial charge is 0.482 e. The maximum Gasteiger partial charge on any atom is 0.261 e. The smallest absolute Gasteiger partial charge is 0.261 e. The number of nitrogens with zero attached hydrogens (tertiary/aromatic N) is 1. The summed E-state index contributed by atoms with van der Waals surface area (Å²) in [6, 6.07) is 18.7. The number of nitrogens with one attached hydrogen (secondary N) is 2. The Morgan fingerprint density at radius 2 is 1.58 bits per heavy atom. The molecule has 0 bridgehead atoms. The van der Waals surface area contributed by atoms with Gasteiger partial charge in [0.15, 0.2) is 6.61 Å². The topological polar surface area (TPSA) is 131 Å². The van der Waals surface area contributed by atoms with Gasteiger partial charge in [-0.25, -0.2) is 16.8 Å². The number of hydrogen-bond donors (Lipinski definition) is 2. The Kier molecular flexibility index (Phi) is 8.90. The molecule has 1 aliphatic heterocycles. The Morgan fingerprint density at radius 3 is 2.24 bits per heavy atom. The van der Waals surface area contributed by atoms with E-state index in [-0.39, 0.29) is 33.7 Å². The van der Waals surface area contributed by atoms with Crippen LogP contribution in [-0.4, -0.2) is 60.0 Å². The number of para-hydroxylation sites is 1. The summed E-state index contributed by atoms with van der Waals surface area (Å²) in [5, 5.41) is 2.72. The maximum absolute atomic E-state index is 12.7. The van der Waals surface area contributed by atoms with Gasteiger partial charge < -0.3 is 14.8 Å². The van der Waals surface area contributed by atoms with Crippen molar-refractivity contribution in [2.24, 2.45) is 0 Å². The third-order valence-electron chi connectivity index (χ3n) is 5.62. The lowest BCUT2D eigenvalue weighted by atomic mass is 10.2. The molecule has 4 rings (SSSR count). The fraction of sp³-hybridized carbons (Fsp3) is 0.240. The van der Waals surface area contributed by atoms with Crippen LogP contribution >= 0.6 is 11.6 Å². The number of anilines is 1. The number of rotatable bonds is 10. The molecule has 0 saturated carbocycles. The van der Waals surface area contributed by atoms with E-state index < -0.39 is 26.0 Å². The molecule has 1 fully saturated rings. The van der Waals surface area contributed by atoms with Gasteiger partial charge in [0.2, 0.25) is 10.0 Å². The number of morpholine rings is 1. The molecular weight excluding hydrogens is 554 g/mol. The SMILES string of the molecule is O=C(COc1ccc(S(=O)(=O)Nc2ccccc2)cc1Cl)NCc1ccc(S(=O)(=O)N2CCOCC2)cc1. The summed E-state index contributed by atoms with van der Waals surface area (Å²) < 4.78 is 65.1. The third kappa shape index (κ3) is 7.03. The van der Waals surface area contributed by atoms with Crippen molar-refractivity contribution >= 4 is 43.2 Å². The molecule has 3 aromatic carbocycles. The Morgan fingerprint density at radius 1 is 0.921 bits per heavy atom. The molecule has 0 atom stereocenters. The summed E-state index contributed by atoms with van der Waals surface area (Å²) in [5.74, 6) is -0.285. The van der Waals surface area contributed by atoms with Gasteiger partial charge >= 0.3 is 0 Å². The van der Waals surface area contributed by atoms with Crippen molar-refractivity contribution in [2.45, 2.75) is 16.3 Å². The zero-order chi connectivity index (χ0) is 27.2. The van der Waals surface area contributed by atoms with Gasteiger partial charge in [0, 0.05) is 25.3 Å². The lowest BCUT2D eigenvalue weighted by molar-refractivity contribution is -0.123. The Balaban J connectivity index is 1.28. The maximum atomic E-state index is 12.7. The molecule has 0 aliphatic carbocycles. The Labute approximate surface area is 226 Å². The van der Waals surface area contributed by atoms with Gasteiger partial charge in [0.1, 0.15) is 5.75 Å². The first-order valence-corrected chi connectivity index (χ1v) is 14.9. The molecule has 1 heterocycles. The molecule has 2 N–H and O–H groups in total. The number of carbonyl (C=O) groups is 1. The predicted molar refractivity (Wildman–Crippen MR) is 142 cm³/mol. The van der Waals surface area contributed by atoms with Crippen LogP contribution in [0.15, 0.2) is 82.6 Å². The van der Waals surface area contributed by atoms with E-state index in [1.165, 1.54) is 34.6 Å². The molecule has 0 radical (unpaired) electrons. The van der Waals surface area contributed by atoms with E-state index in [4.69, 9.17) is 21.1 Å². The van der Waals surface area contributed by atoms with E-state index in [1.807, 2.05) is 0 Å². The number of sulfonamides is 2. The zero-order valence-electron chi connectivity index (χ0n) is 20.2. The number of ether oxygens (including phenoxy) is 2. The van der Waals surface area contributed by atoms with E-state index in [1.54, 1.807) is 42.5 Å². The molecule has 1 amide bonds. The van der Waals surface area contributed by atoms with Crippen LogP contribution in [0.25, 0.3) is 0 Å². The van der Waals surface area contributed by atoms with Crippen molar-refractivity contribution in [3.05, 3.63) is 83.4 Å². The number of amides is 1. The number of benzene rings is 3. The average Bonchev–Trinajstić information content (AvgIpc) is 2.92. The zero-order valence-corrected chi connectivity index (χ0v) is 22.6. The molecule has 0 spiro atoms. The number of halogens is 1. The predicted octanol–water partition coefficient (Wildman–Crippen LogP) is 2.86. The molecule has 0 aromatic heterocycles. The molecule has 3 aromatic rings. The normalized spacial score (nSPS) is 14.6. The van der Waals surface area contributed by atoms with Crippen LogP contribution in [0.1, 0.15) is 5.56 Å². The van der Waals surface area contributed by atoms with E-state index in [2.05, 4.69) is 10.0 Å². The molecule has 0 unspecified atom stereocenters. The van der Waals surface area contributed by atoms with Gasteiger partial charge in [-0.05, 0) is 48.0 Å². The minimum Gasteiger partial charge on any atom is -0.482 e. The summed E-state index contributed by atoms with van der Waals surface area (Å²) in [6.07, 6.45) is 0. The molecule has 202 valence electrons. The molecular formula is C25H26ClN3O7S2. The first-order chi connectivity index (χ1) is 18.1. The van der Waals surface area contributed by atoms with E-state index in [9.17, 15) is 21.6 Å². The number of hydrogen-bond acceptors (Lipinski definition) is 7. The van der Waals surface area contributed by atoms with Crippen LogP contribution in [0.3, 0.4) is 0 Å². The second-order valence-corrected chi connectivity index (χ2v) is 12.3. The first kappa shape index (κ1) is 27.9. The van der Waals surface area contributed by atoms with Crippen LogP contribution in [0.2, 0.25) is 5.02 Å². The molecule has 1 aliphatic rings. The van der Waals surface area contributed by atoms with E-state index in [0.717, 1.165) is 0 Å². The van der Waals surface area contributed by atoms with Crippen molar-refractivity contribution in [1.29, 1.82) is 0 Å². The summed E-state index contributed by atoms with van der Waals surface area (Å²) >= 11 is 6.19. The van der Waals surface area contributed by atoms with Crippen molar-refractivity contribution in [1.82, 2.24) is 9.62 Å². The highest BCUT2D eigenvalue weighted by Crippen LogP contribution is 2.28. The fourth-order valence-electron chi connectivity index (χ4n) is 3.60. The quantitative estimate of drug-likeness (QED) is 0.377. The average molecular weight is 580 g/mol. The van der Waals surface area contributed by atoms with Crippen LogP contribution in [0.4, 0.5) is 5.69 Å². The highest BCUT2D eigenvalue weighted by Gasteiger charge is 2.26. The van der Waals surface area contributed by atoms with Crippen LogP contribution in [0, 0.1) is 0 Å². The summed E-state index contributed by atoms with van der Waals surface area (Å²) in [6.45, 7) is 1.17. The molecule has 10 nitrogen and oxygen atoms in total. The molecule has 13 heteroatoms. The Hall–Kier alpha value is -3.16. The second kappa shape index (κ2) is 12.1. The van der Waals surface area contributed by atoms with E-state index >= 15 is 0 Å².